The topological polar surface area (TPSA) is 19.6 Å². The van der Waals surface area contributed by atoms with Crippen LogP contribution in [-0.2, 0) is 21.7 Å². The maximum atomic E-state index is 6.32. The van der Waals surface area contributed by atoms with E-state index in [0.29, 0.717) is 0 Å². The molecule has 8 aromatic rings. The first kappa shape index (κ1) is 39.8. The quantitative estimate of drug-likeness (QED) is 0.166. The summed E-state index contributed by atoms with van der Waals surface area (Å²) in [5, 5.41) is 2.31. The van der Waals surface area contributed by atoms with Crippen LogP contribution in [0.1, 0.15) is 110 Å². The molecule has 3 nitrogen and oxygen atoms in total. The molecule has 0 saturated heterocycles. The Kier molecular flexibility index (Phi) is 8.54. The molecule has 0 radical (unpaired) electrons. The molecular weight excluding hydrogens is 763 g/mol. The number of hydrogen-bond donors (Lipinski definition) is 0. The summed E-state index contributed by atoms with van der Waals surface area (Å²) in [6.45, 7) is 26.1. The van der Waals surface area contributed by atoms with Gasteiger partial charge in [0.05, 0.1) is 0 Å². The van der Waals surface area contributed by atoms with Gasteiger partial charge in [0.25, 0.3) is 6.71 Å². The van der Waals surface area contributed by atoms with Gasteiger partial charge in [-0.15, -0.1) is 0 Å². The maximum absolute atomic E-state index is 6.32. The fourth-order valence-corrected chi connectivity index (χ4v) is 11.1. The van der Waals surface area contributed by atoms with E-state index < -0.39 is 0 Å². The van der Waals surface area contributed by atoms with Crippen LogP contribution < -0.4 is 26.2 Å². The van der Waals surface area contributed by atoms with Crippen LogP contribution in [0.2, 0.25) is 0 Å². The van der Waals surface area contributed by atoms with Crippen molar-refractivity contribution >= 4 is 79.2 Å². The summed E-state index contributed by atoms with van der Waals surface area (Å²) in [6.07, 6.45) is 2.38. The van der Waals surface area contributed by atoms with E-state index in [9.17, 15) is 0 Å². The van der Waals surface area contributed by atoms with E-state index in [-0.39, 0.29) is 28.4 Å². The zero-order chi connectivity index (χ0) is 44.0. The molecule has 0 fully saturated rings. The van der Waals surface area contributed by atoms with Gasteiger partial charge in [-0.3, -0.25) is 0 Å². The van der Waals surface area contributed by atoms with Crippen LogP contribution in [0.15, 0.2) is 138 Å². The lowest BCUT2D eigenvalue weighted by Gasteiger charge is -2.46. The smallest absolute Gasteiger partial charge is 0.252 e. The van der Waals surface area contributed by atoms with Crippen LogP contribution in [0.5, 0.6) is 0 Å². The summed E-state index contributed by atoms with van der Waals surface area (Å²) in [5.41, 5.74) is 22.8. The number of para-hydroxylation sites is 1. The normalized spacial score (nSPS) is 16.2. The number of hydrogen-bond acceptors (Lipinski definition) is 3. The van der Waals surface area contributed by atoms with Crippen LogP contribution >= 0.6 is 0 Å². The average Bonchev–Trinajstić information content (AvgIpc) is 3.63. The third-order valence-electron chi connectivity index (χ3n) is 14.9. The van der Waals surface area contributed by atoms with Crippen molar-refractivity contribution in [1.29, 1.82) is 0 Å². The van der Waals surface area contributed by atoms with E-state index in [4.69, 9.17) is 4.42 Å². The first-order chi connectivity index (χ1) is 29.9. The molecule has 0 bridgehead atoms. The van der Waals surface area contributed by atoms with Crippen molar-refractivity contribution in [1.82, 2.24) is 0 Å². The highest BCUT2D eigenvalue weighted by Crippen LogP contribution is 2.50. The second kappa shape index (κ2) is 13.5. The Balaban J connectivity index is 1.16. The number of furan rings is 1. The first-order valence-corrected chi connectivity index (χ1v) is 23.1. The van der Waals surface area contributed by atoms with Gasteiger partial charge in [-0.05, 0) is 157 Å². The zero-order valence-corrected chi connectivity index (χ0v) is 39.0. The van der Waals surface area contributed by atoms with Gasteiger partial charge >= 0.3 is 0 Å². The van der Waals surface area contributed by atoms with Gasteiger partial charge in [-0.1, -0.05) is 142 Å². The standard InChI is InChI=1S/C59H59BN2O/c1-36-31-50-55-51(32-36)62(41-25-26-44-45(35-41)59(10,11)30-29-58(44,8)9)49-34-39(57(5,6)7)21-27-46(49)60(55)47-33-38(56(2,3)4)22-28-48(47)61(50)40-23-19-37(20-24-40)42-16-14-18-53-54(42)43-15-12-13-17-52(43)63-53/h12-28,31-35H,29-30H2,1-11H3. The third-order valence-corrected chi connectivity index (χ3v) is 14.9. The van der Waals surface area contributed by atoms with Crippen molar-refractivity contribution in [3.63, 3.8) is 0 Å². The average molecular weight is 823 g/mol. The summed E-state index contributed by atoms with van der Waals surface area (Å²) in [4.78, 5) is 5.17. The molecule has 7 aromatic carbocycles. The number of fused-ring (bicyclic) bond motifs is 8. The fourth-order valence-electron chi connectivity index (χ4n) is 11.1. The Morgan fingerprint density at radius 2 is 1.14 bits per heavy atom. The molecule has 0 saturated carbocycles. The number of anilines is 6. The lowest BCUT2D eigenvalue weighted by atomic mass is 9.33. The maximum Gasteiger partial charge on any atom is 0.252 e. The molecule has 0 spiro atoms. The van der Waals surface area contributed by atoms with Gasteiger partial charge in [0.15, 0.2) is 0 Å². The summed E-state index contributed by atoms with van der Waals surface area (Å²) < 4.78 is 6.32. The van der Waals surface area contributed by atoms with E-state index in [1.165, 1.54) is 96.6 Å². The summed E-state index contributed by atoms with van der Waals surface area (Å²) in [5.74, 6) is 0. The van der Waals surface area contributed by atoms with Gasteiger partial charge in [-0.25, -0.2) is 0 Å². The highest BCUT2D eigenvalue weighted by molar-refractivity contribution is 7.00. The third kappa shape index (κ3) is 6.15. The molecule has 0 N–H and O–H groups in total. The number of nitrogens with zero attached hydrogens (tertiary/aromatic N) is 2. The Bertz CT molecular complexity index is 3170. The van der Waals surface area contributed by atoms with E-state index in [1.807, 2.05) is 6.07 Å². The molecule has 1 aliphatic carbocycles. The van der Waals surface area contributed by atoms with E-state index in [2.05, 4.69) is 213 Å². The molecule has 3 heterocycles. The fraction of sp³-hybridized carbons (Fsp3) is 0.288. The summed E-state index contributed by atoms with van der Waals surface area (Å²) >= 11 is 0. The molecule has 1 aromatic heterocycles. The van der Waals surface area contributed by atoms with E-state index in [1.54, 1.807) is 0 Å². The van der Waals surface area contributed by atoms with Gasteiger partial charge in [-0.2, -0.15) is 0 Å². The number of rotatable bonds is 3. The Morgan fingerprint density at radius 1 is 0.524 bits per heavy atom. The second-order valence-corrected chi connectivity index (χ2v) is 22.2. The monoisotopic (exact) mass is 822 g/mol. The molecular formula is C59H59BN2O. The van der Waals surface area contributed by atoms with Crippen molar-refractivity contribution in [2.24, 2.45) is 0 Å². The van der Waals surface area contributed by atoms with E-state index >= 15 is 0 Å². The molecule has 11 rings (SSSR count). The van der Waals surface area contributed by atoms with E-state index in [0.717, 1.165) is 27.6 Å². The van der Waals surface area contributed by atoms with Gasteiger partial charge < -0.3 is 14.2 Å². The molecule has 4 heteroatoms. The van der Waals surface area contributed by atoms with Gasteiger partial charge in [0.1, 0.15) is 11.2 Å². The predicted octanol–water partition coefficient (Wildman–Crippen LogP) is 14.6. The minimum atomic E-state index is -0.0144. The molecule has 3 aliphatic rings. The highest BCUT2D eigenvalue weighted by atomic mass is 16.3. The predicted molar refractivity (Wildman–Crippen MR) is 271 cm³/mol. The molecule has 0 atom stereocenters. The van der Waals surface area contributed by atoms with Crippen LogP contribution in [0, 0.1) is 6.92 Å². The molecule has 0 amide bonds. The van der Waals surface area contributed by atoms with Crippen LogP contribution in [0.3, 0.4) is 0 Å². The molecule has 63 heavy (non-hydrogen) atoms. The van der Waals surface area contributed by atoms with Crippen LogP contribution in [-0.4, -0.2) is 6.71 Å². The van der Waals surface area contributed by atoms with Crippen LogP contribution in [0.25, 0.3) is 33.1 Å². The Morgan fingerprint density at radius 3 is 1.86 bits per heavy atom. The van der Waals surface area contributed by atoms with Crippen molar-refractivity contribution in [2.75, 3.05) is 9.80 Å². The first-order valence-electron chi connectivity index (χ1n) is 23.1. The minimum absolute atomic E-state index is 0.0102. The minimum Gasteiger partial charge on any atom is -0.456 e. The lowest BCUT2D eigenvalue weighted by molar-refractivity contribution is 0.332. The van der Waals surface area contributed by atoms with Crippen LogP contribution in [0.4, 0.5) is 34.1 Å². The van der Waals surface area contributed by atoms with Gasteiger partial charge in [0, 0.05) is 44.9 Å². The molecule has 2 aliphatic heterocycles. The Hall–Kier alpha value is -6.00. The summed E-state index contributed by atoms with van der Waals surface area (Å²) in [6, 6.07) is 51.0. The molecule has 0 unspecified atom stereocenters. The number of aryl methyl sites for hydroxylation is 1. The van der Waals surface area contributed by atoms with Crippen molar-refractivity contribution in [3.8, 4) is 11.1 Å². The largest absolute Gasteiger partial charge is 0.456 e. The lowest BCUT2D eigenvalue weighted by Crippen LogP contribution is -2.61. The zero-order valence-electron chi connectivity index (χ0n) is 39.0. The van der Waals surface area contributed by atoms with Crippen molar-refractivity contribution < 1.29 is 4.42 Å². The highest BCUT2D eigenvalue weighted by Gasteiger charge is 2.45. The number of benzene rings is 7. The summed E-state index contributed by atoms with van der Waals surface area (Å²) in [7, 11) is 0. The van der Waals surface area contributed by atoms with Gasteiger partial charge in [0.2, 0.25) is 0 Å². The Labute approximate surface area is 374 Å². The SMILES string of the molecule is Cc1cc2c3c(c1)N(c1ccc4c(c1)C(C)(C)CCC4(C)C)c1cc(C(C)(C)C)ccc1B3c1cc(C(C)(C)C)ccc1N2c1ccc(-c2cccc3oc4ccccc4c23)cc1. The van der Waals surface area contributed by atoms with Crippen molar-refractivity contribution in [3.05, 3.63) is 161 Å². The molecule has 314 valence electrons. The van der Waals surface area contributed by atoms with Crippen molar-refractivity contribution in [2.45, 2.75) is 111 Å². The second-order valence-electron chi connectivity index (χ2n) is 22.2.